The Labute approximate surface area is 138 Å². The van der Waals surface area contributed by atoms with Gasteiger partial charge in [0.25, 0.3) is 0 Å². The Morgan fingerprint density at radius 1 is 1.32 bits per heavy atom. The van der Waals surface area contributed by atoms with E-state index in [0.717, 1.165) is 16.8 Å². The SMILES string of the molecule is Cc1cccc(C(C)C)c1NC(=O)[C@H](C)Sc1nnc(N)s1. The van der Waals surface area contributed by atoms with Crippen LogP contribution in [0, 0.1) is 6.92 Å². The summed E-state index contributed by atoms with van der Waals surface area (Å²) in [6.07, 6.45) is 0. The fourth-order valence-corrected chi connectivity index (χ4v) is 3.82. The number of nitrogens with one attached hydrogen (secondary N) is 1. The maximum atomic E-state index is 12.4. The summed E-state index contributed by atoms with van der Waals surface area (Å²) in [5.41, 5.74) is 8.68. The lowest BCUT2D eigenvalue weighted by Gasteiger charge is -2.18. The second kappa shape index (κ2) is 7.11. The molecule has 0 fully saturated rings. The van der Waals surface area contributed by atoms with Gasteiger partial charge in [-0.2, -0.15) is 0 Å². The van der Waals surface area contributed by atoms with Gasteiger partial charge >= 0.3 is 0 Å². The molecule has 0 aliphatic heterocycles. The van der Waals surface area contributed by atoms with Crippen LogP contribution in [0.5, 0.6) is 0 Å². The average molecular weight is 336 g/mol. The van der Waals surface area contributed by atoms with Crippen molar-refractivity contribution in [2.45, 2.75) is 43.2 Å². The molecule has 1 aromatic heterocycles. The monoisotopic (exact) mass is 336 g/mol. The van der Waals surface area contributed by atoms with E-state index in [0.29, 0.717) is 15.4 Å². The first-order chi connectivity index (χ1) is 10.4. The van der Waals surface area contributed by atoms with E-state index in [-0.39, 0.29) is 11.2 Å². The summed E-state index contributed by atoms with van der Waals surface area (Å²) < 4.78 is 0.703. The second-order valence-corrected chi connectivity index (χ2v) is 7.95. The number of anilines is 2. The van der Waals surface area contributed by atoms with Crippen LogP contribution < -0.4 is 11.1 Å². The van der Waals surface area contributed by atoms with Gasteiger partial charge in [0.1, 0.15) is 0 Å². The van der Waals surface area contributed by atoms with Crippen LogP contribution in [0.15, 0.2) is 22.5 Å². The Bertz CT molecular complexity index is 669. The number of rotatable bonds is 5. The predicted octanol–water partition coefficient (Wildman–Crippen LogP) is 3.67. The maximum absolute atomic E-state index is 12.4. The van der Waals surface area contributed by atoms with E-state index < -0.39 is 0 Å². The Balaban J connectivity index is 2.11. The molecule has 3 N–H and O–H groups in total. The van der Waals surface area contributed by atoms with E-state index >= 15 is 0 Å². The highest BCUT2D eigenvalue weighted by molar-refractivity contribution is 8.02. The van der Waals surface area contributed by atoms with E-state index in [1.165, 1.54) is 23.1 Å². The Morgan fingerprint density at radius 3 is 2.64 bits per heavy atom. The highest BCUT2D eigenvalue weighted by Gasteiger charge is 2.19. The fraction of sp³-hybridized carbons (Fsp3) is 0.400. The van der Waals surface area contributed by atoms with Crippen molar-refractivity contribution in [3.8, 4) is 0 Å². The smallest absolute Gasteiger partial charge is 0.237 e. The van der Waals surface area contributed by atoms with Gasteiger partial charge in [-0.05, 0) is 30.9 Å². The summed E-state index contributed by atoms with van der Waals surface area (Å²) in [6, 6.07) is 6.07. The second-order valence-electron chi connectivity index (χ2n) is 5.35. The van der Waals surface area contributed by atoms with Gasteiger partial charge in [0.2, 0.25) is 11.0 Å². The predicted molar refractivity (Wildman–Crippen MR) is 93.5 cm³/mol. The third kappa shape index (κ3) is 3.98. The lowest BCUT2D eigenvalue weighted by atomic mass is 9.98. The van der Waals surface area contributed by atoms with Crippen molar-refractivity contribution in [2.75, 3.05) is 11.1 Å². The molecule has 0 saturated heterocycles. The molecule has 118 valence electrons. The number of hydrogen-bond donors (Lipinski definition) is 2. The summed E-state index contributed by atoms with van der Waals surface area (Å²) in [5, 5.41) is 10.9. The Kier molecular flexibility index (Phi) is 5.42. The van der Waals surface area contributed by atoms with E-state index in [4.69, 9.17) is 5.73 Å². The number of thioether (sulfide) groups is 1. The van der Waals surface area contributed by atoms with Crippen LogP contribution >= 0.6 is 23.1 Å². The third-order valence-corrected chi connectivity index (χ3v) is 5.18. The summed E-state index contributed by atoms with van der Waals surface area (Å²) in [7, 11) is 0. The fourth-order valence-electron chi connectivity index (χ4n) is 2.04. The lowest BCUT2D eigenvalue weighted by Crippen LogP contribution is -2.23. The number of carbonyl (C=O) groups is 1. The van der Waals surface area contributed by atoms with Crippen LogP contribution in [0.4, 0.5) is 10.8 Å². The van der Waals surface area contributed by atoms with Gasteiger partial charge in [0, 0.05) is 5.69 Å². The Morgan fingerprint density at radius 2 is 2.05 bits per heavy atom. The Hall–Kier alpha value is -1.60. The van der Waals surface area contributed by atoms with Crippen molar-refractivity contribution in [1.29, 1.82) is 0 Å². The van der Waals surface area contributed by atoms with Crippen LogP contribution in [0.2, 0.25) is 0 Å². The number of nitrogen functional groups attached to an aromatic ring is 1. The third-order valence-electron chi connectivity index (χ3n) is 3.24. The van der Waals surface area contributed by atoms with Crippen LogP contribution in [-0.4, -0.2) is 21.4 Å². The number of para-hydroxylation sites is 1. The van der Waals surface area contributed by atoms with Gasteiger partial charge in [-0.3, -0.25) is 4.79 Å². The van der Waals surface area contributed by atoms with Gasteiger partial charge in [0.15, 0.2) is 4.34 Å². The van der Waals surface area contributed by atoms with Crippen molar-refractivity contribution in [2.24, 2.45) is 0 Å². The zero-order valence-electron chi connectivity index (χ0n) is 13.1. The van der Waals surface area contributed by atoms with Crippen molar-refractivity contribution >= 4 is 39.8 Å². The average Bonchev–Trinajstić information content (AvgIpc) is 2.85. The quantitative estimate of drug-likeness (QED) is 0.814. The molecule has 0 unspecified atom stereocenters. The van der Waals surface area contributed by atoms with Crippen molar-refractivity contribution in [3.63, 3.8) is 0 Å². The molecule has 0 aliphatic rings. The number of hydrogen-bond acceptors (Lipinski definition) is 6. The molecular weight excluding hydrogens is 316 g/mol. The highest BCUT2D eigenvalue weighted by atomic mass is 32.2. The standard InChI is InChI=1S/C15H20N4OS2/c1-8(2)11-7-5-6-9(3)12(11)17-13(20)10(4)21-15-19-18-14(16)22-15/h5-8,10H,1-4H3,(H2,16,18)(H,17,20)/t10-/m0/s1. The number of carbonyl (C=O) groups excluding carboxylic acids is 1. The molecular formula is C15H20N4OS2. The molecule has 0 radical (unpaired) electrons. The molecule has 1 aromatic carbocycles. The van der Waals surface area contributed by atoms with Crippen LogP contribution in [-0.2, 0) is 4.79 Å². The molecule has 1 heterocycles. The summed E-state index contributed by atoms with van der Waals surface area (Å²) >= 11 is 2.65. The van der Waals surface area contributed by atoms with Gasteiger partial charge in [-0.1, -0.05) is 55.1 Å². The van der Waals surface area contributed by atoms with Crippen molar-refractivity contribution in [3.05, 3.63) is 29.3 Å². The molecule has 1 amide bonds. The molecule has 0 bridgehead atoms. The largest absolute Gasteiger partial charge is 0.374 e. The molecule has 22 heavy (non-hydrogen) atoms. The normalized spacial score (nSPS) is 12.4. The van der Waals surface area contributed by atoms with Gasteiger partial charge < -0.3 is 11.1 Å². The van der Waals surface area contributed by atoms with Gasteiger partial charge in [-0.15, -0.1) is 10.2 Å². The summed E-state index contributed by atoms with van der Waals surface area (Å²) in [4.78, 5) is 12.4. The molecule has 1 atom stereocenters. The van der Waals surface area contributed by atoms with E-state index in [9.17, 15) is 4.79 Å². The van der Waals surface area contributed by atoms with Crippen LogP contribution in [0.25, 0.3) is 0 Å². The highest BCUT2D eigenvalue weighted by Crippen LogP contribution is 2.30. The molecule has 0 spiro atoms. The number of aromatic nitrogens is 2. The first-order valence-corrected chi connectivity index (χ1v) is 8.74. The van der Waals surface area contributed by atoms with Crippen LogP contribution in [0.3, 0.4) is 0 Å². The van der Waals surface area contributed by atoms with E-state index in [1.807, 2.05) is 26.0 Å². The van der Waals surface area contributed by atoms with Crippen molar-refractivity contribution < 1.29 is 4.79 Å². The topological polar surface area (TPSA) is 80.9 Å². The molecule has 7 heteroatoms. The number of amides is 1. The van der Waals surface area contributed by atoms with E-state index in [1.54, 1.807) is 0 Å². The lowest BCUT2D eigenvalue weighted by molar-refractivity contribution is -0.115. The first-order valence-electron chi connectivity index (χ1n) is 7.04. The van der Waals surface area contributed by atoms with Crippen LogP contribution in [0.1, 0.15) is 37.8 Å². The number of aryl methyl sites for hydroxylation is 1. The van der Waals surface area contributed by atoms with Crippen molar-refractivity contribution in [1.82, 2.24) is 10.2 Å². The van der Waals surface area contributed by atoms with E-state index in [2.05, 4.69) is 35.4 Å². The molecule has 5 nitrogen and oxygen atoms in total. The minimum Gasteiger partial charge on any atom is -0.374 e. The first kappa shape index (κ1) is 16.8. The zero-order valence-corrected chi connectivity index (χ0v) is 14.7. The maximum Gasteiger partial charge on any atom is 0.237 e. The summed E-state index contributed by atoms with van der Waals surface area (Å²) in [5.74, 6) is 0.302. The molecule has 2 aromatic rings. The molecule has 0 aliphatic carbocycles. The number of benzene rings is 1. The molecule has 0 saturated carbocycles. The number of nitrogens with zero attached hydrogens (tertiary/aromatic N) is 2. The van der Waals surface area contributed by atoms with Gasteiger partial charge in [0.05, 0.1) is 5.25 Å². The number of nitrogens with two attached hydrogens (primary N) is 1. The van der Waals surface area contributed by atoms with Gasteiger partial charge in [-0.25, -0.2) is 0 Å². The zero-order chi connectivity index (χ0) is 16.3. The molecule has 2 rings (SSSR count). The minimum atomic E-state index is -0.271. The summed E-state index contributed by atoms with van der Waals surface area (Å²) in [6.45, 7) is 8.09. The minimum absolute atomic E-state index is 0.0463.